The Morgan fingerprint density at radius 2 is 1.75 bits per heavy atom. The third-order valence-electron chi connectivity index (χ3n) is 2.82. The molecule has 2 aromatic carbocycles. The lowest BCUT2D eigenvalue weighted by Crippen LogP contribution is -2.18. The van der Waals surface area contributed by atoms with E-state index < -0.39 is 5.91 Å². The van der Waals surface area contributed by atoms with E-state index in [1.165, 1.54) is 24.3 Å². The molecule has 0 saturated carbocycles. The highest BCUT2D eigenvalue weighted by Crippen LogP contribution is 2.19. The van der Waals surface area contributed by atoms with Crippen molar-refractivity contribution in [2.75, 3.05) is 5.32 Å². The molecule has 20 heavy (non-hydrogen) atoms. The first kappa shape index (κ1) is 13.6. The van der Waals surface area contributed by atoms with E-state index in [0.717, 1.165) is 5.56 Å². The van der Waals surface area contributed by atoms with E-state index in [0.29, 0.717) is 11.3 Å². The molecule has 0 heterocycles. The van der Waals surface area contributed by atoms with E-state index in [1.54, 1.807) is 18.2 Å². The molecule has 4 N–H and O–H groups in total. The Kier molecular flexibility index (Phi) is 3.70. The van der Waals surface area contributed by atoms with Crippen molar-refractivity contribution in [1.82, 2.24) is 0 Å². The number of hydrogen-bond acceptors (Lipinski definition) is 3. The van der Waals surface area contributed by atoms with Crippen LogP contribution in [-0.4, -0.2) is 16.9 Å². The standard InChI is InChI=1S/C15H14N2O3/c1-9-2-7-12(14(16)19)13(8-9)17-15(20)10-3-5-11(18)6-4-10/h2-8,18H,1H3,(H2,16,19)(H,17,20). The zero-order valence-corrected chi connectivity index (χ0v) is 10.9. The summed E-state index contributed by atoms with van der Waals surface area (Å²) in [6, 6.07) is 10.8. The molecule has 2 rings (SSSR count). The SMILES string of the molecule is Cc1ccc(C(N)=O)c(NC(=O)c2ccc(O)cc2)c1. The molecule has 0 aliphatic heterocycles. The van der Waals surface area contributed by atoms with E-state index >= 15 is 0 Å². The molecule has 0 spiro atoms. The van der Waals surface area contributed by atoms with E-state index in [9.17, 15) is 14.7 Å². The molecule has 0 aliphatic rings. The molecular weight excluding hydrogens is 256 g/mol. The lowest BCUT2D eigenvalue weighted by molar-refractivity contribution is 0.100. The smallest absolute Gasteiger partial charge is 0.255 e. The summed E-state index contributed by atoms with van der Waals surface area (Å²) in [5.41, 5.74) is 7.17. The van der Waals surface area contributed by atoms with Crippen molar-refractivity contribution >= 4 is 17.5 Å². The fraction of sp³-hybridized carbons (Fsp3) is 0.0667. The Balaban J connectivity index is 2.29. The van der Waals surface area contributed by atoms with Gasteiger partial charge >= 0.3 is 0 Å². The van der Waals surface area contributed by atoms with Crippen LogP contribution in [-0.2, 0) is 0 Å². The Morgan fingerprint density at radius 3 is 2.35 bits per heavy atom. The van der Waals surface area contributed by atoms with Gasteiger partial charge in [-0.3, -0.25) is 9.59 Å². The van der Waals surface area contributed by atoms with Crippen LogP contribution in [0.1, 0.15) is 26.3 Å². The maximum Gasteiger partial charge on any atom is 0.255 e. The number of phenolic OH excluding ortho intramolecular Hbond substituents is 1. The normalized spacial score (nSPS) is 10.1. The maximum absolute atomic E-state index is 12.1. The van der Waals surface area contributed by atoms with Gasteiger partial charge in [-0.2, -0.15) is 0 Å². The van der Waals surface area contributed by atoms with Crippen LogP contribution >= 0.6 is 0 Å². The number of aryl methyl sites for hydroxylation is 1. The molecule has 0 bridgehead atoms. The van der Waals surface area contributed by atoms with Crippen molar-refractivity contribution in [2.45, 2.75) is 6.92 Å². The van der Waals surface area contributed by atoms with Crippen LogP contribution in [0, 0.1) is 6.92 Å². The molecule has 0 aromatic heterocycles. The summed E-state index contributed by atoms with van der Waals surface area (Å²) in [4.78, 5) is 23.4. The molecular formula is C15H14N2O3. The van der Waals surface area contributed by atoms with Crippen molar-refractivity contribution in [3.05, 3.63) is 59.2 Å². The number of carbonyl (C=O) groups is 2. The van der Waals surface area contributed by atoms with Gasteiger partial charge in [-0.05, 0) is 48.9 Å². The largest absolute Gasteiger partial charge is 0.508 e. The van der Waals surface area contributed by atoms with Crippen molar-refractivity contribution < 1.29 is 14.7 Å². The van der Waals surface area contributed by atoms with Gasteiger partial charge in [0.25, 0.3) is 11.8 Å². The molecule has 5 heteroatoms. The minimum Gasteiger partial charge on any atom is -0.508 e. The minimum atomic E-state index is -0.606. The first-order valence-corrected chi connectivity index (χ1v) is 5.98. The molecule has 0 saturated heterocycles. The number of nitrogens with one attached hydrogen (secondary N) is 1. The zero-order chi connectivity index (χ0) is 14.7. The number of nitrogens with two attached hydrogens (primary N) is 1. The summed E-state index contributed by atoms with van der Waals surface area (Å²) < 4.78 is 0. The van der Waals surface area contributed by atoms with Crippen molar-refractivity contribution in [3.63, 3.8) is 0 Å². The monoisotopic (exact) mass is 270 g/mol. The van der Waals surface area contributed by atoms with Gasteiger partial charge in [0, 0.05) is 5.56 Å². The average Bonchev–Trinajstić information content (AvgIpc) is 2.39. The van der Waals surface area contributed by atoms with Gasteiger partial charge < -0.3 is 16.2 Å². The van der Waals surface area contributed by atoms with Gasteiger partial charge in [0.1, 0.15) is 5.75 Å². The van der Waals surface area contributed by atoms with E-state index in [2.05, 4.69) is 5.32 Å². The maximum atomic E-state index is 12.1. The number of carbonyl (C=O) groups excluding carboxylic acids is 2. The number of benzene rings is 2. The molecule has 102 valence electrons. The predicted molar refractivity (Wildman–Crippen MR) is 75.8 cm³/mol. The second-order valence-electron chi connectivity index (χ2n) is 4.41. The molecule has 5 nitrogen and oxygen atoms in total. The fourth-order valence-electron chi connectivity index (χ4n) is 1.78. The Labute approximate surface area is 116 Å². The molecule has 0 fully saturated rings. The van der Waals surface area contributed by atoms with Crippen LogP contribution in [0.25, 0.3) is 0 Å². The predicted octanol–water partition coefficient (Wildman–Crippen LogP) is 2.05. The number of hydrogen-bond donors (Lipinski definition) is 3. The quantitative estimate of drug-likeness (QED) is 0.797. The summed E-state index contributed by atoms with van der Waals surface area (Å²) in [5.74, 6) is -0.904. The van der Waals surface area contributed by atoms with Crippen LogP contribution in [0.3, 0.4) is 0 Å². The highest BCUT2D eigenvalue weighted by Gasteiger charge is 2.12. The number of primary amides is 1. The summed E-state index contributed by atoms with van der Waals surface area (Å²) in [7, 11) is 0. The summed E-state index contributed by atoms with van der Waals surface area (Å²) in [6.45, 7) is 1.85. The number of aromatic hydroxyl groups is 1. The third kappa shape index (κ3) is 2.95. The van der Waals surface area contributed by atoms with E-state index in [1.807, 2.05) is 6.92 Å². The fourth-order valence-corrected chi connectivity index (χ4v) is 1.78. The summed E-state index contributed by atoms with van der Waals surface area (Å²) >= 11 is 0. The van der Waals surface area contributed by atoms with Gasteiger partial charge in [0.05, 0.1) is 11.3 Å². The number of amides is 2. The third-order valence-corrected chi connectivity index (χ3v) is 2.82. The second kappa shape index (κ2) is 5.44. The van der Waals surface area contributed by atoms with E-state index in [4.69, 9.17) is 5.73 Å². The van der Waals surface area contributed by atoms with Crippen LogP contribution in [0.2, 0.25) is 0 Å². The first-order chi connectivity index (χ1) is 9.47. The van der Waals surface area contributed by atoms with Crippen LogP contribution in [0.15, 0.2) is 42.5 Å². The van der Waals surface area contributed by atoms with Crippen LogP contribution in [0.5, 0.6) is 5.75 Å². The topological polar surface area (TPSA) is 92.4 Å². The molecule has 0 radical (unpaired) electrons. The van der Waals surface area contributed by atoms with Gasteiger partial charge in [0.2, 0.25) is 0 Å². The van der Waals surface area contributed by atoms with Crippen LogP contribution < -0.4 is 11.1 Å². The number of phenols is 1. The Hall–Kier alpha value is -2.82. The average molecular weight is 270 g/mol. The Morgan fingerprint density at radius 1 is 1.10 bits per heavy atom. The number of anilines is 1. The first-order valence-electron chi connectivity index (χ1n) is 5.98. The van der Waals surface area contributed by atoms with Gasteiger partial charge in [-0.25, -0.2) is 0 Å². The molecule has 0 aliphatic carbocycles. The molecule has 2 aromatic rings. The van der Waals surface area contributed by atoms with Crippen molar-refractivity contribution in [2.24, 2.45) is 5.73 Å². The lowest BCUT2D eigenvalue weighted by atomic mass is 10.1. The molecule has 0 unspecified atom stereocenters. The molecule has 0 atom stereocenters. The van der Waals surface area contributed by atoms with Crippen molar-refractivity contribution in [3.8, 4) is 5.75 Å². The summed E-state index contributed by atoms with van der Waals surface area (Å²) in [6.07, 6.45) is 0. The van der Waals surface area contributed by atoms with E-state index in [-0.39, 0.29) is 17.2 Å². The number of rotatable bonds is 3. The Bertz CT molecular complexity index is 663. The van der Waals surface area contributed by atoms with Gasteiger partial charge in [-0.1, -0.05) is 6.07 Å². The second-order valence-corrected chi connectivity index (χ2v) is 4.41. The molecule has 2 amide bonds. The van der Waals surface area contributed by atoms with Gasteiger partial charge in [-0.15, -0.1) is 0 Å². The highest BCUT2D eigenvalue weighted by molar-refractivity contribution is 6.08. The van der Waals surface area contributed by atoms with Crippen LogP contribution in [0.4, 0.5) is 5.69 Å². The summed E-state index contributed by atoms with van der Waals surface area (Å²) in [5, 5.41) is 11.8. The minimum absolute atomic E-state index is 0.0786. The van der Waals surface area contributed by atoms with Crippen molar-refractivity contribution in [1.29, 1.82) is 0 Å². The van der Waals surface area contributed by atoms with Gasteiger partial charge in [0.15, 0.2) is 0 Å². The zero-order valence-electron chi connectivity index (χ0n) is 10.9. The lowest BCUT2D eigenvalue weighted by Gasteiger charge is -2.10. The highest BCUT2D eigenvalue weighted by atomic mass is 16.3.